The van der Waals surface area contributed by atoms with Gasteiger partial charge < -0.3 is 4.74 Å². The van der Waals surface area contributed by atoms with Gasteiger partial charge in [0, 0.05) is 11.8 Å². The Morgan fingerprint density at radius 2 is 2.00 bits per heavy atom. The fourth-order valence-electron chi connectivity index (χ4n) is 2.39. The quantitative estimate of drug-likeness (QED) is 0.558. The number of benzene rings is 1. The zero-order chi connectivity index (χ0) is 15.7. The number of thioether (sulfide) groups is 1. The number of hydrogen-bond acceptors (Lipinski definition) is 4. The third kappa shape index (κ3) is 6.53. The smallest absolute Gasteiger partial charge is 0.325 e. The number of methoxy groups -OCH3 is 1. The molecule has 0 bridgehead atoms. The Labute approximate surface area is 132 Å². The lowest BCUT2D eigenvalue weighted by Crippen LogP contribution is -2.53. The summed E-state index contributed by atoms with van der Waals surface area (Å²) in [7, 11) is 1.45. The van der Waals surface area contributed by atoms with Crippen molar-refractivity contribution in [1.82, 2.24) is 5.32 Å². The molecule has 3 nitrogen and oxygen atoms in total. The molecule has 0 saturated heterocycles. The molecule has 118 valence electrons. The van der Waals surface area contributed by atoms with Crippen LogP contribution in [0, 0.1) is 0 Å². The van der Waals surface area contributed by atoms with Crippen molar-refractivity contribution >= 4 is 17.7 Å². The van der Waals surface area contributed by atoms with E-state index in [-0.39, 0.29) is 12.0 Å². The molecule has 0 saturated carbocycles. The largest absolute Gasteiger partial charge is 0.468 e. The van der Waals surface area contributed by atoms with Gasteiger partial charge in [0.15, 0.2) is 0 Å². The molecule has 0 spiro atoms. The summed E-state index contributed by atoms with van der Waals surface area (Å²) in [5.74, 6) is 1.89. The van der Waals surface area contributed by atoms with E-state index in [0.29, 0.717) is 0 Å². The minimum absolute atomic E-state index is 0.177. The zero-order valence-corrected chi connectivity index (χ0v) is 14.3. The average Bonchev–Trinajstić information content (AvgIpc) is 2.46. The van der Waals surface area contributed by atoms with Crippen LogP contribution >= 0.6 is 11.8 Å². The second-order valence-electron chi connectivity index (χ2n) is 5.76. The maximum atomic E-state index is 12.0. The molecule has 0 fully saturated rings. The maximum absolute atomic E-state index is 12.0. The highest BCUT2D eigenvalue weighted by Crippen LogP contribution is 2.19. The van der Waals surface area contributed by atoms with E-state index < -0.39 is 5.54 Å². The van der Waals surface area contributed by atoms with Crippen LogP contribution in [0.3, 0.4) is 0 Å². The molecule has 1 rings (SSSR count). The fourth-order valence-corrected chi connectivity index (χ4v) is 3.31. The summed E-state index contributed by atoms with van der Waals surface area (Å²) < 4.78 is 4.93. The van der Waals surface area contributed by atoms with Crippen LogP contribution in [0.1, 0.15) is 39.2 Å². The summed E-state index contributed by atoms with van der Waals surface area (Å²) in [5, 5.41) is 3.33. The van der Waals surface area contributed by atoms with Crippen LogP contribution in [0.2, 0.25) is 0 Å². The van der Waals surface area contributed by atoms with Crippen molar-refractivity contribution in [1.29, 1.82) is 0 Å². The van der Waals surface area contributed by atoms with Gasteiger partial charge >= 0.3 is 5.97 Å². The number of carbonyl (C=O) groups excluding carboxylic acids is 1. The first-order valence-corrected chi connectivity index (χ1v) is 8.61. The first-order chi connectivity index (χ1) is 9.98. The first-order valence-electron chi connectivity index (χ1n) is 7.46. The Morgan fingerprint density at radius 1 is 1.33 bits per heavy atom. The van der Waals surface area contributed by atoms with Crippen molar-refractivity contribution in [2.45, 2.75) is 50.9 Å². The molecule has 0 aliphatic heterocycles. The predicted octanol–water partition coefficient (Wildman–Crippen LogP) is 3.63. The van der Waals surface area contributed by atoms with Crippen LogP contribution in [-0.4, -0.2) is 30.4 Å². The van der Waals surface area contributed by atoms with Gasteiger partial charge in [-0.05, 0) is 44.9 Å². The summed E-state index contributed by atoms with van der Waals surface area (Å²) in [6.45, 7) is 6.03. The van der Waals surface area contributed by atoms with Gasteiger partial charge in [-0.25, -0.2) is 0 Å². The third-order valence-corrected chi connectivity index (χ3v) is 4.43. The van der Waals surface area contributed by atoms with Crippen molar-refractivity contribution in [3.05, 3.63) is 35.9 Å². The van der Waals surface area contributed by atoms with Crippen molar-refractivity contribution < 1.29 is 9.53 Å². The number of nitrogens with one attached hydrogen (secondary N) is 1. The van der Waals surface area contributed by atoms with Crippen LogP contribution in [-0.2, 0) is 15.3 Å². The summed E-state index contributed by atoms with van der Waals surface area (Å²) >= 11 is 1.91. The van der Waals surface area contributed by atoms with E-state index in [4.69, 9.17) is 4.74 Å². The van der Waals surface area contributed by atoms with Gasteiger partial charge in [-0.1, -0.05) is 30.3 Å². The minimum Gasteiger partial charge on any atom is -0.468 e. The summed E-state index contributed by atoms with van der Waals surface area (Å²) in [4.78, 5) is 12.0. The van der Waals surface area contributed by atoms with Gasteiger partial charge in [0.1, 0.15) is 5.54 Å². The Kier molecular flexibility index (Phi) is 7.83. The molecule has 0 amide bonds. The van der Waals surface area contributed by atoms with Crippen LogP contribution < -0.4 is 5.32 Å². The molecule has 1 atom stereocenters. The maximum Gasteiger partial charge on any atom is 0.325 e. The molecule has 0 aromatic heterocycles. The topological polar surface area (TPSA) is 38.3 Å². The number of ether oxygens (including phenoxy) is 1. The lowest BCUT2D eigenvalue weighted by Gasteiger charge is -2.30. The number of carbonyl (C=O) groups is 1. The van der Waals surface area contributed by atoms with Crippen LogP contribution in [0.5, 0.6) is 0 Å². The summed E-state index contributed by atoms with van der Waals surface area (Å²) in [5.41, 5.74) is 0.759. The highest BCUT2D eigenvalue weighted by Gasteiger charge is 2.33. The summed E-state index contributed by atoms with van der Waals surface area (Å²) in [6, 6.07) is 10.7. The van der Waals surface area contributed by atoms with Gasteiger partial charge in [-0.2, -0.15) is 11.8 Å². The fraction of sp³-hybridized carbons (Fsp3) is 0.588. The van der Waals surface area contributed by atoms with Gasteiger partial charge in [0.25, 0.3) is 0 Å². The van der Waals surface area contributed by atoms with Crippen LogP contribution in [0.4, 0.5) is 0 Å². The molecule has 0 radical (unpaired) electrons. The van der Waals surface area contributed by atoms with E-state index in [1.165, 1.54) is 12.7 Å². The Morgan fingerprint density at radius 3 is 2.57 bits per heavy atom. The number of rotatable bonds is 9. The van der Waals surface area contributed by atoms with Gasteiger partial charge in [0.05, 0.1) is 7.11 Å². The standard InChI is InChI=1S/C17H27NO2S/c1-14(2)18-17(3,16(19)20-4)11-8-12-21-13-15-9-6-5-7-10-15/h5-7,9-10,14,18H,8,11-13H2,1-4H3. The molecule has 1 unspecified atom stereocenters. The molecular formula is C17H27NO2S. The van der Waals surface area contributed by atoms with Crippen LogP contribution in [0.15, 0.2) is 30.3 Å². The van der Waals surface area contributed by atoms with Crippen molar-refractivity contribution in [2.75, 3.05) is 12.9 Å². The van der Waals surface area contributed by atoms with Gasteiger partial charge in [-0.15, -0.1) is 0 Å². The van der Waals surface area contributed by atoms with Gasteiger partial charge in [-0.3, -0.25) is 10.1 Å². The molecule has 4 heteroatoms. The van der Waals surface area contributed by atoms with Crippen LogP contribution in [0.25, 0.3) is 0 Å². The number of esters is 1. The molecular weight excluding hydrogens is 282 g/mol. The molecule has 1 aromatic carbocycles. The first kappa shape index (κ1) is 18.1. The van der Waals surface area contributed by atoms with E-state index >= 15 is 0 Å². The average molecular weight is 309 g/mol. The van der Waals surface area contributed by atoms with E-state index in [1.807, 2.05) is 38.6 Å². The van der Waals surface area contributed by atoms with E-state index in [1.54, 1.807) is 0 Å². The Bertz CT molecular complexity index is 422. The van der Waals surface area contributed by atoms with Crippen molar-refractivity contribution in [3.8, 4) is 0 Å². The summed E-state index contributed by atoms with van der Waals surface area (Å²) in [6.07, 6.45) is 1.78. The third-order valence-electron chi connectivity index (χ3n) is 3.32. The highest BCUT2D eigenvalue weighted by atomic mass is 32.2. The highest BCUT2D eigenvalue weighted by molar-refractivity contribution is 7.98. The SMILES string of the molecule is COC(=O)C(C)(CCCSCc1ccccc1)NC(C)C. The van der Waals surface area contributed by atoms with E-state index in [9.17, 15) is 4.79 Å². The molecule has 1 N–H and O–H groups in total. The lowest BCUT2D eigenvalue weighted by atomic mass is 9.95. The van der Waals surface area contributed by atoms with Crippen molar-refractivity contribution in [2.24, 2.45) is 0 Å². The Balaban J connectivity index is 2.35. The molecule has 21 heavy (non-hydrogen) atoms. The second kappa shape index (κ2) is 9.11. The number of hydrogen-bond donors (Lipinski definition) is 1. The predicted molar refractivity (Wildman–Crippen MR) is 90.5 cm³/mol. The zero-order valence-electron chi connectivity index (χ0n) is 13.5. The molecule has 0 heterocycles. The Hall–Kier alpha value is -1.00. The minimum atomic E-state index is -0.587. The van der Waals surface area contributed by atoms with Gasteiger partial charge in [0.2, 0.25) is 0 Å². The monoisotopic (exact) mass is 309 g/mol. The molecule has 0 aliphatic carbocycles. The molecule has 0 aliphatic rings. The normalized spacial score (nSPS) is 14.0. The second-order valence-corrected chi connectivity index (χ2v) is 6.87. The molecule has 1 aromatic rings. The van der Waals surface area contributed by atoms with Crippen molar-refractivity contribution in [3.63, 3.8) is 0 Å². The van der Waals surface area contributed by atoms with E-state index in [2.05, 4.69) is 29.6 Å². The lowest BCUT2D eigenvalue weighted by molar-refractivity contribution is -0.148. The van der Waals surface area contributed by atoms with E-state index in [0.717, 1.165) is 24.3 Å².